The van der Waals surface area contributed by atoms with Gasteiger partial charge in [-0.3, -0.25) is 19.4 Å². The SMILES string of the molecule is N#CCCN(C(=O)CN1C(=O)CN(c2ccccc2)C1=O)c1ccccc1. The first-order valence-electron chi connectivity index (χ1n) is 8.51. The predicted octanol–water partition coefficient (Wildman–Crippen LogP) is 2.40. The average molecular weight is 362 g/mol. The van der Waals surface area contributed by atoms with Gasteiger partial charge in [0.05, 0.1) is 12.5 Å². The van der Waals surface area contributed by atoms with E-state index in [2.05, 4.69) is 0 Å². The van der Waals surface area contributed by atoms with E-state index in [0.717, 1.165) is 4.90 Å². The number of nitriles is 1. The Bertz CT molecular complexity index is 877. The van der Waals surface area contributed by atoms with E-state index in [1.54, 1.807) is 48.5 Å². The van der Waals surface area contributed by atoms with Gasteiger partial charge in [0.25, 0.3) is 5.91 Å². The van der Waals surface area contributed by atoms with Crippen molar-refractivity contribution in [2.45, 2.75) is 6.42 Å². The molecule has 4 amide bonds. The van der Waals surface area contributed by atoms with Gasteiger partial charge in [0.15, 0.2) is 0 Å². The van der Waals surface area contributed by atoms with E-state index in [1.165, 1.54) is 9.80 Å². The summed E-state index contributed by atoms with van der Waals surface area (Å²) >= 11 is 0. The number of hydrogen-bond donors (Lipinski definition) is 0. The van der Waals surface area contributed by atoms with Crippen LogP contribution in [-0.4, -0.2) is 42.4 Å². The largest absolute Gasteiger partial charge is 0.332 e. The van der Waals surface area contributed by atoms with Crippen LogP contribution in [0.1, 0.15) is 6.42 Å². The molecule has 7 nitrogen and oxygen atoms in total. The van der Waals surface area contributed by atoms with Crippen LogP contribution in [0.3, 0.4) is 0 Å². The Morgan fingerprint density at radius 3 is 2.30 bits per heavy atom. The molecule has 0 spiro atoms. The third-order valence-corrected chi connectivity index (χ3v) is 4.23. The molecule has 7 heteroatoms. The number of carbonyl (C=O) groups excluding carboxylic acids is 3. The molecule has 0 aromatic heterocycles. The van der Waals surface area contributed by atoms with Crippen molar-refractivity contribution in [1.29, 1.82) is 5.26 Å². The monoisotopic (exact) mass is 362 g/mol. The summed E-state index contributed by atoms with van der Waals surface area (Å²) in [5, 5.41) is 8.86. The molecular weight excluding hydrogens is 344 g/mol. The highest BCUT2D eigenvalue weighted by atomic mass is 16.2. The first kappa shape index (κ1) is 18.1. The van der Waals surface area contributed by atoms with Crippen molar-refractivity contribution < 1.29 is 14.4 Å². The highest BCUT2D eigenvalue weighted by Gasteiger charge is 2.38. The molecule has 0 saturated carbocycles. The minimum atomic E-state index is -0.521. The van der Waals surface area contributed by atoms with Gasteiger partial charge < -0.3 is 4.90 Å². The molecule has 1 fully saturated rings. The second-order valence-electron chi connectivity index (χ2n) is 5.97. The predicted molar refractivity (Wildman–Crippen MR) is 99.9 cm³/mol. The van der Waals surface area contributed by atoms with Gasteiger partial charge in [-0.15, -0.1) is 0 Å². The lowest BCUT2D eigenvalue weighted by Crippen LogP contribution is -2.44. The summed E-state index contributed by atoms with van der Waals surface area (Å²) < 4.78 is 0. The Hall–Kier alpha value is -3.66. The quantitative estimate of drug-likeness (QED) is 0.739. The van der Waals surface area contributed by atoms with Crippen molar-refractivity contribution >= 4 is 29.2 Å². The number of hydrogen-bond acceptors (Lipinski definition) is 4. The number of imide groups is 1. The second-order valence-corrected chi connectivity index (χ2v) is 5.97. The van der Waals surface area contributed by atoms with Gasteiger partial charge in [-0.2, -0.15) is 5.26 Å². The number of carbonyl (C=O) groups is 3. The first-order chi connectivity index (χ1) is 13.1. The Kier molecular flexibility index (Phi) is 5.47. The van der Waals surface area contributed by atoms with Crippen molar-refractivity contribution in [3.05, 3.63) is 60.7 Å². The molecule has 0 unspecified atom stereocenters. The summed E-state index contributed by atoms with van der Waals surface area (Å²) in [5.74, 6) is -0.835. The normalized spacial score (nSPS) is 13.6. The molecule has 3 rings (SSSR count). The smallest absolute Gasteiger partial charge is 0.310 e. The first-order valence-corrected chi connectivity index (χ1v) is 8.51. The van der Waals surface area contributed by atoms with Gasteiger partial charge in [0.2, 0.25) is 5.91 Å². The number of para-hydroxylation sites is 2. The number of urea groups is 1. The van der Waals surface area contributed by atoms with Gasteiger partial charge in [-0.25, -0.2) is 4.79 Å². The molecule has 27 heavy (non-hydrogen) atoms. The van der Waals surface area contributed by atoms with E-state index in [-0.39, 0.29) is 26.1 Å². The van der Waals surface area contributed by atoms with E-state index in [9.17, 15) is 14.4 Å². The Labute approximate surface area is 157 Å². The highest BCUT2D eigenvalue weighted by Crippen LogP contribution is 2.21. The standard InChI is InChI=1S/C20H18N4O3/c21-12-7-13-22(16-8-3-1-4-9-16)18(25)15-24-19(26)14-23(20(24)27)17-10-5-2-6-11-17/h1-6,8-11H,7,13-15H2. The van der Waals surface area contributed by atoms with Crippen molar-refractivity contribution in [2.24, 2.45) is 0 Å². The summed E-state index contributed by atoms with van der Waals surface area (Å²) in [6.45, 7) is -0.265. The Balaban J connectivity index is 1.76. The maximum absolute atomic E-state index is 12.8. The molecule has 0 atom stereocenters. The van der Waals surface area contributed by atoms with Crippen molar-refractivity contribution in [3.63, 3.8) is 0 Å². The van der Waals surface area contributed by atoms with Crippen LogP contribution >= 0.6 is 0 Å². The third kappa shape index (κ3) is 3.96. The van der Waals surface area contributed by atoms with Crippen LogP contribution in [0.25, 0.3) is 0 Å². The lowest BCUT2D eigenvalue weighted by atomic mass is 10.2. The molecule has 0 bridgehead atoms. The highest BCUT2D eigenvalue weighted by molar-refractivity contribution is 6.14. The van der Waals surface area contributed by atoms with E-state index >= 15 is 0 Å². The van der Waals surface area contributed by atoms with Gasteiger partial charge in [-0.05, 0) is 24.3 Å². The molecule has 2 aromatic rings. The molecule has 136 valence electrons. The van der Waals surface area contributed by atoms with Crippen LogP contribution in [0.4, 0.5) is 16.2 Å². The average Bonchev–Trinajstić information content (AvgIpc) is 2.98. The Morgan fingerprint density at radius 1 is 1.04 bits per heavy atom. The van der Waals surface area contributed by atoms with Gasteiger partial charge in [0.1, 0.15) is 13.1 Å². The minimum Gasteiger partial charge on any atom is -0.310 e. The van der Waals surface area contributed by atoms with E-state index < -0.39 is 17.8 Å². The van der Waals surface area contributed by atoms with Gasteiger partial charge >= 0.3 is 6.03 Å². The fourth-order valence-corrected chi connectivity index (χ4v) is 2.89. The lowest BCUT2D eigenvalue weighted by Gasteiger charge is -2.24. The van der Waals surface area contributed by atoms with Crippen LogP contribution in [-0.2, 0) is 9.59 Å². The molecule has 0 radical (unpaired) electrons. The van der Waals surface area contributed by atoms with E-state index in [0.29, 0.717) is 11.4 Å². The number of amides is 4. The summed E-state index contributed by atoms with van der Waals surface area (Å²) in [5.41, 5.74) is 1.23. The zero-order valence-electron chi connectivity index (χ0n) is 14.6. The molecule has 0 N–H and O–H groups in total. The van der Waals surface area contributed by atoms with E-state index in [4.69, 9.17) is 5.26 Å². The van der Waals surface area contributed by atoms with Crippen molar-refractivity contribution in [1.82, 2.24) is 4.90 Å². The number of rotatable bonds is 6. The summed E-state index contributed by atoms with van der Waals surface area (Å²) in [6.07, 6.45) is 0.151. The van der Waals surface area contributed by atoms with Crippen molar-refractivity contribution in [2.75, 3.05) is 29.4 Å². The van der Waals surface area contributed by atoms with Gasteiger partial charge in [-0.1, -0.05) is 36.4 Å². The number of anilines is 2. The maximum Gasteiger partial charge on any atom is 0.332 e. The molecule has 1 heterocycles. The Morgan fingerprint density at radius 2 is 1.67 bits per heavy atom. The topological polar surface area (TPSA) is 84.7 Å². The van der Waals surface area contributed by atoms with Crippen LogP contribution in [0, 0.1) is 11.3 Å². The second kappa shape index (κ2) is 8.15. The molecule has 1 aliphatic heterocycles. The van der Waals surface area contributed by atoms with Gasteiger partial charge in [0, 0.05) is 17.9 Å². The minimum absolute atomic E-state index is 0.0976. The zero-order chi connectivity index (χ0) is 19.2. The van der Waals surface area contributed by atoms with E-state index in [1.807, 2.05) is 18.2 Å². The summed E-state index contributed by atoms with van der Waals surface area (Å²) in [7, 11) is 0. The zero-order valence-corrected chi connectivity index (χ0v) is 14.6. The molecule has 2 aromatic carbocycles. The molecule has 1 saturated heterocycles. The number of benzene rings is 2. The summed E-state index contributed by atoms with van der Waals surface area (Å²) in [6, 6.07) is 19.2. The van der Waals surface area contributed by atoms with Crippen LogP contribution in [0.2, 0.25) is 0 Å². The number of nitrogens with zero attached hydrogens (tertiary/aromatic N) is 4. The maximum atomic E-state index is 12.8. The summed E-state index contributed by atoms with van der Waals surface area (Å²) in [4.78, 5) is 41.5. The molecular formula is C20H18N4O3. The van der Waals surface area contributed by atoms with Crippen molar-refractivity contribution in [3.8, 4) is 6.07 Å². The molecule has 1 aliphatic rings. The fourth-order valence-electron chi connectivity index (χ4n) is 2.89. The lowest BCUT2D eigenvalue weighted by molar-refractivity contribution is -0.129. The fraction of sp³-hybridized carbons (Fsp3) is 0.200. The van der Waals surface area contributed by atoms with Crippen LogP contribution in [0.15, 0.2) is 60.7 Å². The molecule has 0 aliphatic carbocycles. The van der Waals surface area contributed by atoms with Crippen LogP contribution in [0.5, 0.6) is 0 Å². The third-order valence-electron chi connectivity index (χ3n) is 4.23. The van der Waals surface area contributed by atoms with Crippen LogP contribution < -0.4 is 9.80 Å².